The molecule has 1 N–H and O–H groups in total. The Bertz CT molecular complexity index is 400. The Kier molecular flexibility index (Phi) is 4.87. The summed E-state index contributed by atoms with van der Waals surface area (Å²) in [6.07, 6.45) is 2.73. The Balaban J connectivity index is 2.11. The molecule has 1 aliphatic rings. The summed E-state index contributed by atoms with van der Waals surface area (Å²) in [5.41, 5.74) is 1.42. The van der Waals surface area contributed by atoms with Gasteiger partial charge in [0.1, 0.15) is 5.75 Å². The summed E-state index contributed by atoms with van der Waals surface area (Å²) in [4.78, 5) is 0. The van der Waals surface area contributed by atoms with Crippen LogP contribution in [0.3, 0.4) is 0 Å². The third-order valence-corrected chi connectivity index (χ3v) is 3.73. The van der Waals surface area contributed by atoms with Crippen molar-refractivity contribution in [2.45, 2.75) is 58.6 Å². The fourth-order valence-electron chi connectivity index (χ4n) is 3.01. The number of benzene rings is 1. The topological polar surface area (TPSA) is 21.3 Å². The van der Waals surface area contributed by atoms with Gasteiger partial charge in [-0.05, 0) is 56.8 Å². The molecule has 2 rings (SSSR count). The number of hydrogen-bond donors (Lipinski definition) is 1. The second-order valence-corrected chi connectivity index (χ2v) is 6.32. The van der Waals surface area contributed by atoms with Gasteiger partial charge in [0, 0.05) is 12.0 Å². The maximum absolute atomic E-state index is 5.81. The minimum atomic E-state index is 0.239. The summed E-state index contributed by atoms with van der Waals surface area (Å²) < 4.78 is 5.81. The monoisotopic (exact) mass is 261 g/mol. The largest absolute Gasteiger partial charge is 0.491 e. The number of hydrogen-bond acceptors (Lipinski definition) is 2. The molecule has 0 aromatic heterocycles. The van der Waals surface area contributed by atoms with E-state index in [4.69, 9.17) is 4.74 Å². The summed E-state index contributed by atoms with van der Waals surface area (Å²) in [6.45, 7) is 9.89. The lowest BCUT2D eigenvalue weighted by Gasteiger charge is -2.22. The van der Waals surface area contributed by atoms with Crippen LogP contribution in [0.2, 0.25) is 0 Å². The van der Waals surface area contributed by atoms with Gasteiger partial charge in [0.15, 0.2) is 0 Å². The summed E-state index contributed by atoms with van der Waals surface area (Å²) in [5.74, 6) is 2.38. The molecule has 1 fully saturated rings. The lowest BCUT2D eigenvalue weighted by atomic mass is 9.87. The van der Waals surface area contributed by atoms with Crippen LogP contribution in [0.15, 0.2) is 24.3 Å². The zero-order chi connectivity index (χ0) is 13.8. The van der Waals surface area contributed by atoms with Gasteiger partial charge >= 0.3 is 0 Å². The molecule has 1 saturated heterocycles. The van der Waals surface area contributed by atoms with Crippen molar-refractivity contribution in [1.29, 1.82) is 0 Å². The van der Waals surface area contributed by atoms with Crippen molar-refractivity contribution >= 4 is 0 Å². The van der Waals surface area contributed by atoms with Crippen LogP contribution >= 0.6 is 0 Å². The maximum Gasteiger partial charge on any atom is 0.119 e. The van der Waals surface area contributed by atoms with Crippen molar-refractivity contribution in [2.75, 3.05) is 6.54 Å². The van der Waals surface area contributed by atoms with E-state index in [2.05, 4.69) is 57.3 Å². The van der Waals surface area contributed by atoms with E-state index in [0.29, 0.717) is 12.0 Å². The molecule has 19 heavy (non-hydrogen) atoms. The van der Waals surface area contributed by atoms with Gasteiger partial charge in [0.2, 0.25) is 0 Å². The molecule has 2 nitrogen and oxygen atoms in total. The molecule has 1 aliphatic heterocycles. The molecule has 2 atom stereocenters. The molecule has 1 aromatic carbocycles. The standard InChI is InChI=1S/C17H27NO/c1-12(2)10-17-16(8-9-18-17)14-6-5-7-15(11-14)19-13(3)4/h5-7,11-13,16-18H,8-10H2,1-4H3. The minimum Gasteiger partial charge on any atom is -0.491 e. The summed E-state index contributed by atoms with van der Waals surface area (Å²) >= 11 is 0. The molecule has 2 unspecified atom stereocenters. The molecule has 0 bridgehead atoms. The third kappa shape index (κ3) is 3.97. The summed E-state index contributed by atoms with van der Waals surface area (Å²) in [7, 11) is 0. The van der Waals surface area contributed by atoms with Crippen molar-refractivity contribution in [2.24, 2.45) is 5.92 Å². The first kappa shape index (κ1) is 14.4. The van der Waals surface area contributed by atoms with Crippen molar-refractivity contribution in [1.82, 2.24) is 5.32 Å². The van der Waals surface area contributed by atoms with Gasteiger partial charge in [-0.3, -0.25) is 0 Å². The van der Waals surface area contributed by atoms with Gasteiger partial charge in [0.05, 0.1) is 6.10 Å². The molecule has 0 amide bonds. The SMILES string of the molecule is CC(C)CC1NCCC1c1cccc(OC(C)C)c1. The van der Waals surface area contributed by atoms with Crippen LogP contribution in [-0.2, 0) is 0 Å². The first-order valence-electron chi connectivity index (χ1n) is 7.56. The van der Waals surface area contributed by atoms with E-state index in [0.717, 1.165) is 18.2 Å². The predicted molar refractivity (Wildman–Crippen MR) is 80.8 cm³/mol. The first-order valence-corrected chi connectivity index (χ1v) is 7.56. The average Bonchev–Trinajstić information content (AvgIpc) is 2.75. The molecule has 1 heterocycles. The van der Waals surface area contributed by atoms with Crippen LogP contribution in [0.25, 0.3) is 0 Å². The third-order valence-electron chi connectivity index (χ3n) is 3.73. The van der Waals surface area contributed by atoms with Crippen molar-refractivity contribution < 1.29 is 4.74 Å². The second kappa shape index (κ2) is 6.42. The zero-order valence-corrected chi connectivity index (χ0v) is 12.6. The van der Waals surface area contributed by atoms with E-state index in [1.165, 1.54) is 18.4 Å². The number of nitrogens with one attached hydrogen (secondary N) is 1. The first-order chi connectivity index (χ1) is 9.06. The number of rotatable bonds is 5. The lowest BCUT2D eigenvalue weighted by molar-refractivity contribution is 0.242. The van der Waals surface area contributed by atoms with E-state index >= 15 is 0 Å². The van der Waals surface area contributed by atoms with Gasteiger partial charge in [-0.1, -0.05) is 26.0 Å². The van der Waals surface area contributed by atoms with Crippen LogP contribution in [0.4, 0.5) is 0 Å². The minimum absolute atomic E-state index is 0.239. The highest BCUT2D eigenvalue weighted by atomic mass is 16.5. The van der Waals surface area contributed by atoms with E-state index in [1.807, 2.05) is 0 Å². The van der Waals surface area contributed by atoms with Crippen LogP contribution in [-0.4, -0.2) is 18.7 Å². The Morgan fingerprint density at radius 2 is 2.05 bits per heavy atom. The zero-order valence-electron chi connectivity index (χ0n) is 12.6. The normalized spacial score (nSPS) is 23.3. The van der Waals surface area contributed by atoms with Crippen molar-refractivity contribution in [3.63, 3.8) is 0 Å². The van der Waals surface area contributed by atoms with E-state index in [-0.39, 0.29) is 6.10 Å². The Hall–Kier alpha value is -1.02. The molecule has 0 aliphatic carbocycles. The van der Waals surface area contributed by atoms with Gasteiger partial charge in [0.25, 0.3) is 0 Å². The van der Waals surface area contributed by atoms with E-state index in [9.17, 15) is 0 Å². The molecule has 2 heteroatoms. The number of ether oxygens (including phenoxy) is 1. The molecular weight excluding hydrogens is 234 g/mol. The molecule has 0 spiro atoms. The highest BCUT2D eigenvalue weighted by Gasteiger charge is 2.28. The molecule has 1 aromatic rings. The van der Waals surface area contributed by atoms with Gasteiger partial charge < -0.3 is 10.1 Å². The van der Waals surface area contributed by atoms with Crippen LogP contribution in [0, 0.1) is 5.92 Å². The molecular formula is C17H27NO. The van der Waals surface area contributed by atoms with Gasteiger partial charge in [-0.25, -0.2) is 0 Å². The fraction of sp³-hybridized carbons (Fsp3) is 0.647. The average molecular weight is 261 g/mol. The Morgan fingerprint density at radius 3 is 2.74 bits per heavy atom. The lowest BCUT2D eigenvalue weighted by Crippen LogP contribution is -2.27. The van der Waals surface area contributed by atoms with E-state index in [1.54, 1.807) is 0 Å². The highest BCUT2D eigenvalue weighted by Crippen LogP contribution is 2.32. The molecule has 0 radical (unpaired) electrons. The van der Waals surface area contributed by atoms with Gasteiger partial charge in [-0.2, -0.15) is 0 Å². The van der Waals surface area contributed by atoms with Crippen molar-refractivity contribution in [3.05, 3.63) is 29.8 Å². The van der Waals surface area contributed by atoms with Gasteiger partial charge in [-0.15, -0.1) is 0 Å². The molecule has 106 valence electrons. The molecule has 0 saturated carbocycles. The summed E-state index contributed by atoms with van der Waals surface area (Å²) in [5, 5.41) is 3.66. The smallest absolute Gasteiger partial charge is 0.119 e. The van der Waals surface area contributed by atoms with Crippen molar-refractivity contribution in [3.8, 4) is 5.75 Å². The predicted octanol–water partition coefficient (Wildman–Crippen LogP) is 3.97. The van der Waals surface area contributed by atoms with E-state index < -0.39 is 0 Å². The van der Waals surface area contributed by atoms with Crippen LogP contribution in [0.1, 0.15) is 52.0 Å². The Morgan fingerprint density at radius 1 is 1.26 bits per heavy atom. The fourth-order valence-corrected chi connectivity index (χ4v) is 3.01. The summed E-state index contributed by atoms with van der Waals surface area (Å²) in [6, 6.07) is 9.28. The second-order valence-electron chi connectivity index (χ2n) is 6.32. The Labute approximate surface area is 117 Å². The van der Waals surface area contributed by atoms with Crippen LogP contribution < -0.4 is 10.1 Å². The maximum atomic E-state index is 5.81. The highest BCUT2D eigenvalue weighted by molar-refractivity contribution is 5.32. The quantitative estimate of drug-likeness (QED) is 0.866. The van der Waals surface area contributed by atoms with Crippen LogP contribution in [0.5, 0.6) is 5.75 Å².